The third kappa shape index (κ3) is 10.3. The van der Waals surface area contributed by atoms with E-state index in [2.05, 4.69) is 16.0 Å². The molecule has 2 atom stereocenters. The van der Waals surface area contributed by atoms with E-state index in [9.17, 15) is 19.2 Å². The normalized spacial score (nSPS) is 12.8. The van der Waals surface area contributed by atoms with Crippen molar-refractivity contribution in [1.82, 2.24) is 16.0 Å². The van der Waals surface area contributed by atoms with Gasteiger partial charge in [-0.3, -0.25) is 14.4 Å². The van der Waals surface area contributed by atoms with Crippen LogP contribution in [0.15, 0.2) is 30.3 Å². The van der Waals surface area contributed by atoms with Crippen molar-refractivity contribution in [3.8, 4) is 0 Å². The average molecular weight is 508 g/mol. The van der Waals surface area contributed by atoms with E-state index in [-0.39, 0.29) is 6.42 Å². The smallest absolute Gasteiger partial charge is 0.328 e. The summed E-state index contributed by atoms with van der Waals surface area (Å²) in [6, 6.07) is 7.75. The van der Waals surface area contributed by atoms with Gasteiger partial charge < -0.3 is 20.7 Å². The predicted molar refractivity (Wildman–Crippen MR) is 140 cm³/mol. The second-order valence-electron chi connectivity index (χ2n) is 8.64. The summed E-state index contributed by atoms with van der Waals surface area (Å²) in [5.74, 6) is -0.669. The zero-order valence-electron chi connectivity index (χ0n) is 21.4. The summed E-state index contributed by atoms with van der Waals surface area (Å²) in [7, 11) is 1.29. The highest BCUT2D eigenvalue weighted by Gasteiger charge is 2.41. The molecule has 0 saturated carbocycles. The summed E-state index contributed by atoms with van der Waals surface area (Å²) in [5, 5.41) is 8.44. The van der Waals surface area contributed by atoms with Crippen molar-refractivity contribution in [1.29, 1.82) is 0 Å². The molecule has 0 radical (unpaired) electrons. The maximum atomic E-state index is 13.8. The quantitative estimate of drug-likeness (QED) is 0.208. The summed E-state index contributed by atoms with van der Waals surface area (Å²) < 4.78 is 4.96. The predicted octanol–water partition coefficient (Wildman–Crippen LogP) is 2.99. The van der Waals surface area contributed by atoms with E-state index in [4.69, 9.17) is 4.74 Å². The molecule has 1 rings (SSSR count). The van der Waals surface area contributed by atoms with E-state index < -0.39 is 35.4 Å². The second kappa shape index (κ2) is 17.0. The number of thioether (sulfide) groups is 1. The number of benzene rings is 1. The number of carbonyl (C=O) groups is 4. The van der Waals surface area contributed by atoms with Crippen LogP contribution in [0.3, 0.4) is 0 Å². The van der Waals surface area contributed by atoms with Gasteiger partial charge in [0, 0.05) is 6.42 Å². The van der Waals surface area contributed by atoms with Gasteiger partial charge in [0.15, 0.2) is 0 Å². The lowest BCUT2D eigenvalue weighted by Gasteiger charge is -2.36. The van der Waals surface area contributed by atoms with E-state index in [1.807, 2.05) is 50.4 Å². The standard InChI is InChI=1S/C26H41N3O5S/c1-5-7-15-26(16-8-6-2,29-23(31)21(27-19-30)14-17-35-4)25(33)28-22(24(32)34-3)18-20-12-10-9-11-13-20/h9-13,19,21-22H,5-8,14-18H2,1-4H3,(H,27,30)(H,28,33)(H,29,31)/t21-,22-/m0/s1. The molecule has 0 fully saturated rings. The van der Waals surface area contributed by atoms with Crippen LogP contribution in [0.2, 0.25) is 0 Å². The molecule has 1 aromatic carbocycles. The van der Waals surface area contributed by atoms with Crippen molar-refractivity contribution >= 4 is 36.0 Å². The number of methoxy groups -OCH3 is 1. The van der Waals surface area contributed by atoms with E-state index in [0.29, 0.717) is 31.4 Å². The lowest BCUT2D eigenvalue weighted by atomic mass is 9.85. The molecule has 3 N–H and O–H groups in total. The second-order valence-corrected chi connectivity index (χ2v) is 9.62. The number of nitrogens with one attached hydrogen (secondary N) is 3. The minimum absolute atomic E-state index is 0.272. The van der Waals surface area contributed by atoms with Crippen molar-refractivity contribution in [3.05, 3.63) is 35.9 Å². The van der Waals surface area contributed by atoms with Gasteiger partial charge in [-0.2, -0.15) is 11.8 Å². The molecule has 0 aliphatic carbocycles. The third-order valence-electron chi connectivity index (χ3n) is 5.98. The molecular formula is C26H41N3O5S. The van der Waals surface area contributed by atoms with Crippen molar-refractivity contribution in [2.45, 2.75) is 82.8 Å². The average Bonchev–Trinajstić information content (AvgIpc) is 2.87. The molecule has 3 amide bonds. The van der Waals surface area contributed by atoms with Crippen LogP contribution in [0.4, 0.5) is 0 Å². The Bertz CT molecular complexity index is 782. The van der Waals surface area contributed by atoms with Gasteiger partial charge in [0.2, 0.25) is 18.2 Å². The van der Waals surface area contributed by atoms with Gasteiger partial charge >= 0.3 is 5.97 Å². The first-order valence-corrected chi connectivity index (χ1v) is 13.7. The Kier molecular flexibility index (Phi) is 14.8. The maximum Gasteiger partial charge on any atom is 0.328 e. The number of esters is 1. The molecule has 196 valence electrons. The van der Waals surface area contributed by atoms with Crippen molar-refractivity contribution in [3.63, 3.8) is 0 Å². The molecule has 8 nitrogen and oxygen atoms in total. The molecule has 0 aliphatic rings. The first-order valence-electron chi connectivity index (χ1n) is 12.3. The first-order chi connectivity index (χ1) is 16.9. The number of hydrogen-bond donors (Lipinski definition) is 3. The number of ether oxygens (including phenoxy) is 1. The Labute approximate surface area is 213 Å². The van der Waals surface area contributed by atoms with Crippen molar-refractivity contribution in [2.24, 2.45) is 0 Å². The van der Waals surface area contributed by atoms with Gasteiger partial charge in [-0.15, -0.1) is 0 Å². The van der Waals surface area contributed by atoms with Crippen LogP contribution in [-0.4, -0.2) is 60.9 Å². The van der Waals surface area contributed by atoms with Crippen LogP contribution in [0.25, 0.3) is 0 Å². The minimum atomic E-state index is -1.20. The Morgan fingerprint density at radius 2 is 1.69 bits per heavy atom. The van der Waals surface area contributed by atoms with E-state index in [0.717, 1.165) is 31.2 Å². The molecule has 0 unspecified atom stereocenters. The molecule has 1 aromatic rings. The number of unbranched alkanes of at least 4 members (excludes halogenated alkanes) is 2. The van der Waals surface area contributed by atoms with Crippen molar-refractivity contribution < 1.29 is 23.9 Å². The van der Waals surface area contributed by atoms with E-state index >= 15 is 0 Å². The molecule has 9 heteroatoms. The fourth-order valence-corrected chi connectivity index (χ4v) is 4.37. The van der Waals surface area contributed by atoms with Gasteiger partial charge in [-0.25, -0.2) is 4.79 Å². The molecule has 35 heavy (non-hydrogen) atoms. The Morgan fingerprint density at radius 1 is 1.06 bits per heavy atom. The molecule has 0 saturated heterocycles. The van der Waals surface area contributed by atoms with E-state index in [1.165, 1.54) is 7.11 Å². The van der Waals surface area contributed by atoms with Gasteiger partial charge in [0.05, 0.1) is 7.11 Å². The van der Waals surface area contributed by atoms with Gasteiger partial charge in [-0.1, -0.05) is 69.9 Å². The molecule has 0 heterocycles. The summed E-state index contributed by atoms with van der Waals surface area (Å²) in [4.78, 5) is 50.7. The molecule has 0 spiro atoms. The van der Waals surface area contributed by atoms with Crippen LogP contribution in [0, 0.1) is 0 Å². The van der Waals surface area contributed by atoms with E-state index in [1.54, 1.807) is 11.8 Å². The van der Waals surface area contributed by atoms with Gasteiger partial charge in [0.25, 0.3) is 0 Å². The fraction of sp³-hybridized carbons (Fsp3) is 0.615. The number of rotatable bonds is 18. The van der Waals surface area contributed by atoms with Crippen LogP contribution in [0.1, 0.15) is 64.4 Å². The summed E-state index contributed by atoms with van der Waals surface area (Å²) in [6.45, 7) is 4.04. The zero-order valence-corrected chi connectivity index (χ0v) is 22.2. The maximum absolute atomic E-state index is 13.8. The fourth-order valence-electron chi connectivity index (χ4n) is 3.90. The SMILES string of the molecule is CCCCC(CCCC)(NC(=O)[C@H](CCSC)NC=O)C(=O)N[C@@H](Cc1ccccc1)C(=O)OC. The van der Waals surface area contributed by atoms with Gasteiger partial charge in [0.1, 0.15) is 17.6 Å². The third-order valence-corrected chi connectivity index (χ3v) is 6.63. The molecule has 0 bridgehead atoms. The first kappa shape index (κ1) is 30.5. The van der Waals surface area contributed by atoms with Crippen LogP contribution < -0.4 is 16.0 Å². The molecular weight excluding hydrogens is 466 g/mol. The van der Waals surface area contributed by atoms with Crippen LogP contribution in [-0.2, 0) is 30.3 Å². The monoisotopic (exact) mass is 507 g/mol. The Balaban J connectivity index is 3.26. The Hall–Kier alpha value is -2.55. The highest BCUT2D eigenvalue weighted by atomic mass is 32.2. The number of carbonyl (C=O) groups excluding carboxylic acids is 4. The lowest BCUT2D eigenvalue weighted by Crippen LogP contribution is -2.63. The molecule has 0 aliphatic heterocycles. The summed E-state index contributed by atoms with van der Waals surface area (Å²) >= 11 is 1.57. The summed E-state index contributed by atoms with van der Waals surface area (Å²) in [5.41, 5.74) is -0.318. The Morgan fingerprint density at radius 3 is 2.20 bits per heavy atom. The zero-order chi connectivity index (χ0) is 26.1. The highest BCUT2D eigenvalue weighted by Crippen LogP contribution is 2.24. The van der Waals surface area contributed by atoms with Crippen LogP contribution >= 0.6 is 11.8 Å². The lowest BCUT2D eigenvalue weighted by molar-refractivity contribution is -0.146. The number of amides is 3. The topological polar surface area (TPSA) is 114 Å². The largest absolute Gasteiger partial charge is 0.467 e. The highest BCUT2D eigenvalue weighted by molar-refractivity contribution is 7.98. The van der Waals surface area contributed by atoms with Gasteiger partial charge in [-0.05, 0) is 36.8 Å². The van der Waals surface area contributed by atoms with Crippen LogP contribution in [0.5, 0.6) is 0 Å². The summed E-state index contributed by atoms with van der Waals surface area (Å²) in [6.07, 6.45) is 7.12. The molecule has 0 aromatic heterocycles. The van der Waals surface area contributed by atoms with Crippen molar-refractivity contribution in [2.75, 3.05) is 19.1 Å². The minimum Gasteiger partial charge on any atom is -0.467 e. The number of hydrogen-bond acceptors (Lipinski definition) is 6.